The van der Waals surface area contributed by atoms with Crippen molar-refractivity contribution in [2.45, 2.75) is 308 Å². The standard InChI is InChI=1S/C56H107NO5/c1-3-5-7-9-11-13-15-17-19-20-21-22-23-24-25-26-27-28-29-30-31-32-33-34-36-37-39-41-43-45-47-49-53(59)55(61)52(51-58)57-56(62)54(60)50-48-46-44-42-40-38-35-18-16-14-12-10-8-6-4-2/h30-31,34,36,41,43,52-55,58-61H,3-29,32-33,35,37-40,42,44-51H2,1-2H3,(H,57,62)/b31-30+,36-34+,43-41+. The Balaban J connectivity index is 3.68. The summed E-state index contributed by atoms with van der Waals surface area (Å²) in [5.74, 6) is -0.597. The van der Waals surface area contributed by atoms with E-state index >= 15 is 0 Å². The summed E-state index contributed by atoms with van der Waals surface area (Å²) < 4.78 is 0. The molecular weight excluding hydrogens is 767 g/mol. The Morgan fingerprint density at radius 3 is 1.02 bits per heavy atom. The van der Waals surface area contributed by atoms with Crippen LogP contribution in [0.25, 0.3) is 0 Å². The molecule has 0 aromatic carbocycles. The Labute approximate surface area is 386 Å². The Morgan fingerprint density at radius 2 is 0.677 bits per heavy atom. The van der Waals surface area contributed by atoms with Crippen LogP contribution < -0.4 is 5.32 Å². The van der Waals surface area contributed by atoms with Crippen molar-refractivity contribution in [3.8, 4) is 0 Å². The number of amides is 1. The number of hydrogen-bond donors (Lipinski definition) is 5. The van der Waals surface area contributed by atoms with Crippen molar-refractivity contribution < 1.29 is 25.2 Å². The number of nitrogens with one attached hydrogen (secondary N) is 1. The number of unbranched alkanes of at least 4 members (excludes halogenated alkanes) is 35. The van der Waals surface area contributed by atoms with E-state index < -0.39 is 36.9 Å². The van der Waals surface area contributed by atoms with Gasteiger partial charge in [-0.2, -0.15) is 0 Å². The first-order valence-electron chi connectivity index (χ1n) is 27.4. The third-order valence-corrected chi connectivity index (χ3v) is 12.8. The first kappa shape index (κ1) is 60.5. The quantitative estimate of drug-likeness (QED) is 0.0309. The highest BCUT2D eigenvalue weighted by Gasteiger charge is 2.28. The van der Waals surface area contributed by atoms with Crippen LogP contribution in [0.4, 0.5) is 0 Å². The number of carbonyl (C=O) groups excluding carboxylic acids is 1. The SMILES string of the molecule is CCCCCCCCCCCCCCCCCCCC/C=C/CC/C=C/CC/C=C/CCCC(O)C(O)C(CO)NC(=O)C(O)CCCCCCCCCCCCCCCCC. The van der Waals surface area contributed by atoms with Gasteiger partial charge in [0.15, 0.2) is 0 Å². The second-order valence-electron chi connectivity index (χ2n) is 18.9. The fraction of sp³-hybridized carbons (Fsp3) is 0.875. The van der Waals surface area contributed by atoms with Gasteiger partial charge >= 0.3 is 0 Å². The third kappa shape index (κ3) is 43.8. The molecule has 0 saturated carbocycles. The van der Waals surface area contributed by atoms with E-state index in [1.807, 2.05) is 0 Å². The molecule has 0 fully saturated rings. The number of allylic oxidation sites excluding steroid dienone is 6. The van der Waals surface area contributed by atoms with Crippen LogP contribution in [0.3, 0.4) is 0 Å². The molecule has 0 aliphatic heterocycles. The Hall–Kier alpha value is -1.47. The molecule has 0 aromatic rings. The normalized spacial score (nSPS) is 14.1. The highest BCUT2D eigenvalue weighted by atomic mass is 16.3. The van der Waals surface area contributed by atoms with Crippen molar-refractivity contribution in [1.29, 1.82) is 0 Å². The van der Waals surface area contributed by atoms with Gasteiger partial charge in [0.25, 0.3) is 0 Å². The number of hydrogen-bond acceptors (Lipinski definition) is 5. The number of rotatable bonds is 50. The van der Waals surface area contributed by atoms with Crippen LogP contribution in [0.2, 0.25) is 0 Å². The molecule has 4 unspecified atom stereocenters. The minimum absolute atomic E-state index is 0.361. The van der Waals surface area contributed by atoms with E-state index in [-0.39, 0.29) is 0 Å². The van der Waals surface area contributed by atoms with Gasteiger partial charge in [-0.15, -0.1) is 0 Å². The zero-order valence-corrected chi connectivity index (χ0v) is 41.4. The maximum Gasteiger partial charge on any atom is 0.249 e. The van der Waals surface area contributed by atoms with Gasteiger partial charge in [0.2, 0.25) is 5.91 Å². The fourth-order valence-electron chi connectivity index (χ4n) is 8.50. The lowest BCUT2D eigenvalue weighted by atomic mass is 10.00. The molecule has 0 saturated heterocycles. The zero-order chi connectivity index (χ0) is 45.2. The lowest BCUT2D eigenvalue weighted by Gasteiger charge is -2.27. The second-order valence-corrected chi connectivity index (χ2v) is 18.9. The molecule has 0 bridgehead atoms. The van der Waals surface area contributed by atoms with E-state index in [4.69, 9.17) is 0 Å². The molecule has 62 heavy (non-hydrogen) atoms. The van der Waals surface area contributed by atoms with Crippen molar-refractivity contribution in [1.82, 2.24) is 5.32 Å². The van der Waals surface area contributed by atoms with Gasteiger partial charge in [0, 0.05) is 0 Å². The van der Waals surface area contributed by atoms with Crippen molar-refractivity contribution in [2.75, 3.05) is 6.61 Å². The molecule has 0 spiro atoms. The van der Waals surface area contributed by atoms with E-state index in [2.05, 4.69) is 55.6 Å². The van der Waals surface area contributed by atoms with Crippen LogP contribution in [0.1, 0.15) is 284 Å². The summed E-state index contributed by atoms with van der Waals surface area (Å²) >= 11 is 0. The number of carbonyl (C=O) groups is 1. The fourth-order valence-corrected chi connectivity index (χ4v) is 8.50. The lowest BCUT2D eigenvalue weighted by molar-refractivity contribution is -0.132. The van der Waals surface area contributed by atoms with Crippen LogP contribution in [0, 0.1) is 0 Å². The van der Waals surface area contributed by atoms with Crippen LogP contribution >= 0.6 is 0 Å². The summed E-state index contributed by atoms with van der Waals surface area (Å²) in [4.78, 5) is 12.5. The molecule has 1 amide bonds. The molecule has 0 heterocycles. The number of aliphatic hydroxyl groups excluding tert-OH is 4. The number of aliphatic hydroxyl groups is 4. The topological polar surface area (TPSA) is 110 Å². The van der Waals surface area contributed by atoms with Crippen LogP contribution in [0.5, 0.6) is 0 Å². The predicted octanol–water partition coefficient (Wildman–Crippen LogP) is 15.6. The van der Waals surface area contributed by atoms with Gasteiger partial charge in [-0.25, -0.2) is 0 Å². The molecule has 366 valence electrons. The summed E-state index contributed by atoms with van der Waals surface area (Å²) in [7, 11) is 0. The molecule has 0 aliphatic rings. The first-order valence-corrected chi connectivity index (χ1v) is 27.4. The molecular formula is C56H107NO5. The van der Waals surface area contributed by atoms with Gasteiger partial charge in [0.1, 0.15) is 12.2 Å². The minimum atomic E-state index is -1.29. The molecule has 0 radical (unpaired) electrons. The van der Waals surface area contributed by atoms with E-state index in [1.165, 1.54) is 199 Å². The maximum absolute atomic E-state index is 12.5. The average Bonchev–Trinajstić information content (AvgIpc) is 3.28. The highest BCUT2D eigenvalue weighted by Crippen LogP contribution is 2.17. The van der Waals surface area contributed by atoms with Crippen LogP contribution in [0.15, 0.2) is 36.5 Å². The van der Waals surface area contributed by atoms with Gasteiger partial charge in [-0.3, -0.25) is 4.79 Å². The summed E-state index contributed by atoms with van der Waals surface area (Å²) in [6.07, 6.45) is 62.2. The van der Waals surface area contributed by atoms with E-state index in [9.17, 15) is 25.2 Å². The van der Waals surface area contributed by atoms with Crippen molar-refractivity contribution in [3.63, 3.8) is 0 Å². The summed E-state index contributed by atoms with van der Waals surface area (Å²) in [6.45, 7) is 4.06. The van der Waals surface area contributed by atoms with Crippen molar-refractivity contribution in [2.24, 2.45) is 0 Å². The Morgan fingerprint density at radius 1 is 0.387 bits per heavy atom. The smallest absolute Gasteiger partial charge is 0.249 e. The van der Waals surface area contributed by atoms with E-state index in [1.54, 1.807) is 0 Å². The first-order chi connectivity index (χ1) is 30.5. The maximum atomic E-state index is 12.5. The molecule has 4 atom stereocenters. The predicted molar refractivity (Wildman–Crippen MR) is 270 cm³/mol. The molecule has 6 heteroatoms. The lowest BCUT2D eigenvalue weighted by Crippen LogP contribution is -2.53. The highest BCUT2D eigenvalue weighted by molar-refractivity contribution is 5.80. The van der Waals surface area contributed by atoms with Crippen molar-refractivity contribution in [3.05, 3.63) is 36.5 Å². The molecule has 0 aromatic heterocycles. The van der Waals surface area contributed by atoms with Crippen LogP contribution in [-0.4, -0.2) is 57.3 Å². The molecule has 5 N–H and O–H groups in total. The molecule has 0 aliphatic carbocycles. The second kappa shape index (κ2) is 50.5. The summed E-state index contributed by atoms with van der Waals surface area (Å²) in [5, 5.41) is 43.8. The van der Waals surface area contributed by atoms with Crippen molar-refractivity contribution >= 4 is 5.91 Å². The molecule has 0 rings (SSSR count). The van der Waals surface area contributed by atoms with Gasteiger partial charge in [-0.1, -0.05) is 256 Å². The summed E-state index contributed by atoms with van der Waals surface area (Å²) in [6, 6.07) is -1.01. The summed E-state index contributed by atoms with van der Waals surface area (Å²) in [5.41, 5.74) is 0. The Kier molecular flexibility index (Phi) is 49.3. The largest absolute Gasteiger partial charge is 0.394 e. The molecule has 6 nitrogen and oxygen atoms in total. The third-order valence-electron chi connectivity index (χ3n) is 12.8. The van der Waals surface area contributed by atoms with Crippen LogP contribution in [-0.2, 0) is 4.79 Å². The zero-order valence-electron chi connectivity index (χ0n) is 41.4. The van der Waals surface area contributed by atoms with Gasteiger partial charge in [-0.05, 0) is 64.2 Å². The monoisotopic (exact) mass is 874 g/mol. The van der Waals surface area contributed by atoms with E-state index in [0.29, 0.717) is 19.3 Å². The Bertz CT molecular complexity index is 981. The minimum Gasteiger partial charge on any atom is -0.394 e. The van der Waals surface area contributed by atoms with Gasteiger partial charge < -0.3 is 25.7 Å². The van der Waals surface area contributed by atoms with Gasteiger partial charge in [0.05, 0.1) is 18.8 Å². The average molecular weight is 874 g/mol. The van der Waals surface area contributed by atoms with E-state index in [0.717, 1.165) is 51.4 Å².